The van der Waals surface area contributed by atoms with Crippen molar-refractivity contribution in [1.82, 2.24) is 9.78 Å². The first kappa shape index (κ1) is 25.6. The minimum Gasteiger partial charge on any atom is -0.849 e. The summed E-state index contributed by atoms with van der Waals surface area (Å²) in [5, 5.41) is 17.6. The number of benzene rings is 3. The molecule has 1 aromatic heterocycles. The number of carbonyl (C=O) groups excluding carboxylic acids is 1. The van der Waals surface area contributed by atoms with Gasteiger partial charge in [0, 0.05) is 35.6 Å². The van der Waals surface area contributed by atoms with E-state index in [9.17, 15) is 14.7 Å². The molecule has 3 aromatic carbocycles. The lowest BCUT2D eigenvalue weighted by molar-refractivity contribution is -0.354. The summed E-state index contributed by atoms with van der Waals surface area (Å²) in [6.07, 6.45) is 0. The molecule has 1 saturated heterocycles. The highest BCUT2D eigenvalue weighted by Gasteiger charge is 2.22. The number of rotatable bonds is 8. The average molecular weight is 513 g/mol. The molecule has 4 aromatic rings. The largest absolute Gasteiger partial charge is 0.849 e. The van der Waals surface area contributed by atoms with Crippen molar-refractivity contribution in [3.05, 3.63) is 82.6 Å². The summed E-state index contributed by atoms with van der Waals surface area (Å²) in [6.45, 7) is 5.96. The number of nitrogens with zero attached hydrogens (tertiary/aromatic N) is 3. The molecule has 196 valence electrons. The van der Waals surface area contributed by atoms with Crippen LogP contribution in [0.5, 0.6) is 5.75 Å². The van der Waals surface area contributed by atoms with Crippen LogP contribution in [0.3, 0.4) is 0 Å². The van der Waals surface area contributed by atoms with E-state index in [-0.39, 0.29) is 5.56 Å². The lowest BCUT2D eigenvalue weighted by atomic mass is 9.94. The van der Waals surface area contributed by atoms with E-state index in [0.717, 1.165) is 16.6 Å². The number of hydrogen-bond acceptors (Lipinski definition) is 7. The number of morpholine rings is 1. The second-order valence-corrected chi connectivity index (χ2v) is 9.25. The third-order valence-electron chi connectivity index (χ3n) is 6.93. The number of carbonyl (C=O) groups is 1. The van der Waals surface area contributed by atoms with Crippen molar-refractivity contribution in [3.63, 3.8) is 0 Å². The van der Waals surface area contributed by atoms with Gasteiger partial charge in [-0.3, -0.25) is 4.79 Å². The van der Waals surface area contributed by atoms with E-state index >= 15 is 0 Å². The minimum absolute atomic E-state index is 0.299. The second-order valence-electron chi connectivity index (χ2n) is 9.25. The third kappa shape index (κ3) is 4.92. The van der Waals surface area contributed by atoms with Gasteiger partial charge in [0.15, 0.2) is 0 Å². The number of aromatic nitrogens is 2. The third-order valence-corrected chi connectivity index (χ3v) is 6.93. The minimum atomic E-state index is -0.832. The summed E-state index contributed by atoms with van der Waals surface area (Å²) < 4.78 is 12.6. The van der Waals surface area contributed by atoms with Gasteiger partial charge in [-0.1, -0.05) is 49.9 Å². The van der Waals surface area contributed by atoms with E-state index in [1.54, 1.807) is 13.0 Å². The maximum absolute atomic E-state index is 13.9. The van der Waals surface area contributed by atoms with Crippen LogP contribution in [0.25, 0.3) is 27.7 Å². The van der Waals surface area contributed by atoms with Crippen molar-refractivity contribution < 1.29 is 19.4 Å². The molecule has 0 aliphatic carbocycles. The standard InChI is InChI=1S/C30H30N3O5/c1-3-38-23-8-6-7-21(17-23)29-25-9-4-5-10-26(25)30(36)33(31-29)27-18-22(32-13-15-37-16-14-32)11-12-24(27)20(2)28(35)19-34/h4-12,17-18,20H,3,13-16,19H2,1-2H3/q-1/t20-/m1/s1. The monoisotopic (exact) mass is 512 g/mol. The molecule has 1 aliphatic heterocycles. The molecular formula is C30H30N3O5-. The first-order chi connectivity index (χ1) is 18.5. The van der Waals surface area contributed by atoms with Crippen molar-refractivity contribution in [2.24, 2.45) is 0 Å². The molecule has 1 fully saturated rings. The summed E-state index contributed by atoms with van der Waals surface area (Å²) >= 11 is 0. The summed E-state index contributed by atoms with van der Waals surface area (Å²) in [6, 6.07) is 20.6. The van der Waals surface area contributed by atoms with Gasteiger partial charge in [0.2, 0.25) is 0 Å². The van der Waals surface area contributed by atoms with Gasteiger partial charge in [0.25, 0.3) is 5.56 Å². The van der Waals surface area contributed by atoms with Crippen molar-refractivity contribution >= 4 is 22.2 Å². The number of anilines is 1. The molecule has 5 rings (SSSR count). The summed E-state index contributed by atoms with van der Waals surface area (Å²) in [5.74, 6) is -0.423. The Morgan fingerprint density at radius 2 is 1.82 bits per heavy atom. The van der Waals surface area contributed by atoms with E-state index in [0.29, 0.717) is 61.0 Å². The first-order valence-electron chi connectivity index (χ1n) is 12.8. The fourth-order valence-corrected chi connectivity index (χ4v) is 4.86. The molecule has 0 saturated carbocycles. The molecule has 8 nitrogen and oxygen atoms in total. The average Bonchev–Trinajstić information content (AvgIpc) is 2.97. The lowest BCUT2D eigenvalue weighted by Gasteiger charge is -2.30. The Morgan fingerprint density at radius 1 is 1.05 bits per heavy atom. The van der Waals surface area contributed by atoms with Gasteiger partial charge >= 0.3 is 0 Å². The van der Waals surface area contributed by atoms with Crippen molar-refractivity contribution in [1.29, 1.82) is 0 Å². The van der Waals surface area contributed by atoms with E-state index < -0.39 is 18.3 Å². The van der Waals surface area contributed by atoms with Gasteiger partial charge in [-0.2, -0.15) is 9.78 Å². The predicted molar refractivity (Wildman–Crippen MR) is 145 cm³/mol. The van der Waals surface area contributed by atoms with E-state index in [4.69, 9.17) is 14.6 Å². The summed E-state index contributed by atoms with van der Waals surface area (Å²) in [7, 11) is 0. The highest BCUT2D eigenvalue weighted by atomic mass is 16.5. The van der Waals surface area contributed by atoms with Crippen LogP contribution in [0.1, 0.15) is 25.3 Å². The highest BCUT2D eigenvalue weighted by molar-refractivity contribution is 5.94. The summed E-state index contributed by atoms with van der Waals surface area (Å²) in [5.41, 5.74) is 3.09. The zero-order chi connectivity index (χ0) is 26.6. The smallest absolute Gasteiger partial charge is 0.279 e. The van der Waals surface area contributed by atoms with E-state index in [2.05, 4.69) is 4.90 Å². The first-order valence-corrected chi connectivity index (χ1v) is 12.8. The van der Waals surface area contributed by atoms with Crippen molar-refractivity contribution in [2.75, 3.05) is 44.4 Å². The maximum Gasteiger partial charge on any atom is 0.279 e. The SMILES string of the molecule is CCOc1cccc(-c2nn(-c3cc(N4CCOCC4)ccc3[C@@H](C)C(=O)C[O-])c(=O)c3ccccc23)c1. The molecule has 1 aliphatic rings. The Balaban J connectivity index is 1.77. The van der Waals surface area contributed by atoms with Crippen LogP contribution in [0.2, 0.25) is 0 Å². The predicted octanol–water partition coefficient (Wildman–Crippen LogP) is 3.32. The Morgan fingerprint density at radius 3 is 2.55 bits per heavy atom. The van der Waals surface area contributed by atoms with Crippen molar-refractivity contribution in [2.45, 2.75) is 19.8 Å². The number of fused-ring (bicyclic) bond motifs is 1. The molecule has 0 bridgehead atoms. The fraction of sp³-hybridized carbons (Fsp3) is 0.300. The number of hydrogen-bond donors (Lipinski definition) is 0. The Labute approximate surface area is 221 Å². The topological polar surface area (TPSA) is 96.7 Å². The van der Waals surface area contributed by atoms with Crippen LogP contribution in [0, 0.1) is 0 Å². The highest BCUT2D eigenvalue weighted by Crippen LogP contribution is 2.32. The van der Waals surface area contributed by atoms with Gasteiger partial charge in [-0.25, -0.2) is 0 Å². The maximum atomic E-state index is 13.9. The molecular weight excluding hydrogens is 482 g/mol. The zero-order valence-electron chi connectivity index (χ0n) is 21.6. The second kappa shape index (κ2) is 11.2. The Kier molecular flexibility index (Phi) is 7.53. The van der Waals surface area contributed by atoms with E-state index in [1.807, 2.05) is 67.6 Å². The zero-order valence-corrected chi connectivity index (χ0v) is 21.6. The molecule has 0 radical (unpaired) electrons. The molecule has 1 atom stereocenters. The number of Topliss-reactive ketones (excluding diaryl/α,β-unsaturated/α-hetero) is 1. The lowest BCUT2D eigenvalue weighted by Crippen LogP contribution is -2.36. The van der Waals surface area contributed by atoms with Crippen LogP contribution in [-0.4, -0.2) is 55.1 Å². The van der Waals surface area contributed by atoms with Crippen LogP contribution in [0.15, 0.2) is 71.5 Å². The Hall–Kier alpha value is -4.01. The molecule has 0 unspecified atom stereocenters. The quantitative estimate of drug-likeness (QED) is 0.357. The van der Waals surface area contributed by atoms with Crippen LogP contribution < -0.4 is 20.3 Å². The van der Waals surface area contributed by atoms with Crippen LogP contribution in [0.4, 0.5) is 5.69 Å². The number of ether oxygens (including phenoxy) is 2. The van der Waals surface area contributed by atoms with Gasteiger partial charge in [-0.05, 0) is 42.8 Å². The van der Waals surface area contributed by atoms with Gasteiger partial charge in [0.1, 0.15) is 11.5 Å². The normalized spacial score (nSPS) is 14.4. The van der Waals surface area contributed by atoms with Gasteiger partial charge in [-0.15, -0.1) is 0 Å². The molecule has 0 N–H and O–H groups in total. The van der Waals surface area contributed by atoms with E-state index in [1.165, 1.54) is 4.68 Å². The number of ketones is 1. The van der Waals surface area contributed by atoms with Crippen LogP contribution >= 0.6 is 0 Å². The molecule has 8 heteroatoms. The van der Waals surface area contributed by atoms with Crippen LogP contribution in [-0.2, 0) is 9.53 Å². The molecule has 2 heterocycles. The summed E-state index contributed by atoms with van der Waals surface area (Å²) in [4.78, 5) is 28.6. The van der Waals surface area contributed by atoms with Gasteiger partial charge < -0.3 is 24.3 Å². The van der Waals surface area contributed by atoms with Crippen molar-refractivity contribution in [3.8, 4) is 22.7 Å². The van der Waals surface area contributed by atoms with Gasteiger partial charge in [0.05, 0.1) is 36.6 Å². The molecule has 38 heavy (non-hydrogen) atoms. The fourth-order valence-electron chi connectivity index (χ4n) is 4.86. The molecule has 0 amide bonds. The molecule has 0 spiro atoms. The Bertz CT molecular complexity index is 1520.